The Morgan fingerprint density at radius 3 is 2.93 bits per heavy atom. The highest BCUT2D eigenvalue weighted by molar-refractivity contribution is 6.18. The third kappa shape index (κ3) is 1.35. The van der Waals surface area contributed by atoms with E-state index in [1.165, 1.54) is 0 Å². The Bertz CT molecular complexity index is 414. The van der Waals surface area contributed by atoms with E-state index in [-0.39, 0.29) is 5.91 Å². The van der Waals surface area contributed by atoms with E-state index in [0.717, 1.165) is 0 Å². The van der Waals surface area contributed by atoms with Crippen molar-refractivity contribution in [1.29, 1.82) is 0 Å². The first-order valence-electron chi connectivity index (χ1n) is 4.11. The molecule has 1 aromatic rings. The standard InChI is InChI=1S/C8H9N5O/c1-4-10-3-2-5(11-4)7-6(9)8(14)13-12-7/h2-3,6H,9H2,1H3,(H,13,14). The predicted molar refractivity (Wildman–Crippen MR) is 49.4 cm³/mol. The van der Waals surface area contributed by atoms with Crippen LogP contribution in [0, 0.1) is 6.92 Å². The van der Waals surface area contributed by atoms with Crippen molar-refractivity contribution in [3.8, 4) is 0 Å². The molecule has 2 heterocycles. The molecular formula is C8H9N5O. The van der Waals surface area contributed by atoms with Crippen LogP contribution in [0.15, 0.2) is 17.4 Å². The summed E-state index contributed by atoms with van der Waals surface area (Å²) in [5, 5.41) is 3.81. The van der Waals surface area contributed by atoms with Crippen molar-refractivity contribution >= 4 is 11.6 Å². The minimum absolute atomic E-state index is 0.309. The first kappa shape index (κ1) is 8.76. The second-order valence-corrected chi connectivity index (χ2v) is 2.94. The van der Waals surface area contributed by atoms with E-state index in [0.29, 0.717) is 17.2 Å². The molecule has 72 valence electrons. The Balaban J connectivity index is 2.37. The lowest BCUT2D eigenvalue weighted by atomic mass is 10.1. The molecule has 0 fully saturated rings. The van der Waals surface area contributed by atoms with Gasteiger partial charge in [-0.25, -0.2) is 15.4 Å². The summed E-state index contributed by atoms with van der Waals surface area (Å²) in [4.78, 5) is 19.1. The van der Waals surface area contributed by atoms with E-state index in [1.807, 2.05) is 0 Å². The lowest BCUT2D eigenvalue weighted by Gasteiger charge is -2.03. The number of hydrazone groups is 1. The summed E-state index contributed by atoms with van der Waals surface area (Å²) in [5.41, 5.74) is 8.95. The van der Waals surface area contributed by atoms with Crippen molar-refractivity contribution in [3.05, 3.63) is 23.8 Å². The SMILES string of the molecule is Cc1nccc(C2=NNC(=O)C2N)n1. The van der Waals surface area contributed by atoms with Crippen LogP contribution in [-0.4, -0.2) is 27.6 Å². The highest BCUT2D eigenvalue weighted by atomic mass is 16.2. The maximum absolute atomic E-state index is 11.0. The third-order valence-electron chi connectivity index (χ3n) is 1.90. The molecule has 6 nitrogen and oxygen atoms in total. The largest absolute Gasteiger partial charge is 0.315 e. The molecule has 0 radical (unpaired) electrons. The average molecular weight is 191 g/mol. The van der Waals surface area contributed by atoms with Crippen LogP contribution < -0.4 is 11.2 Å². The van der Waals surface area contributed by atoms with Crippen LogP contribution in [0.1, 0.15) is 11.5 Å². The molecule has 6 heteroatoms. The first-order valence-corrected chi connectivity index (χ1v) is 4.11. The maximum Gasteiger partial charge on any atom is 0.263 e. The minimum Gasteiger partial charge on any atom is -0.315 e. The Kier molecular flexibility index (Phi) is 1.97. The van der Waals surface area contributed by atoms with Crippen molar-refractivity contribution < 1.29 is 4.79 Å². The smallest absolute Gasteiger partial charge is 0.263 e. The number of carbonyl (C=O) groups excluding carboxylic acids is 1. The Morgan fingerprint density at radius 1 is 1.57 bits per heavy atom. The number of rotatable bonds is 1. The zero-order valence-corrected chi connectivity index (χ0v) is 7.56. The van der Waals surface area contributed by atoms with Crippen molar-refractivity contribution in [1.82, 2.24) is 15.4 Å². The summed E-state index contributed by atoms with van der Waals surface area (Å²) in [5.74, 6) is 0.313. The minimum atomic E-state index is -0.732. The van der Waals surface area contributed by atoms with Gasteiger partial charge < -0.3 is 5.73 Å². The van der Waals surface area contributed by atoms with Crippen LogP contribution in [0.2, 0.25) is 0 Å². The molecule has 2 rings (SSSR count). The van der Waals surface area contributed by atoms with Gasteiger partial charge in [0.1, 0.15) is 17.6 Å². The summed E-state index contributed by atoms with van der Waals surface area (Å²) in [7, 11) is 0. The predicted octanol–water partition coefficient (Wildman–Crippen LogP) is -1.05. The molecule has 1 aliphatic heterocycles. The molecule has 0 spiro atoms. The number of hydrogen-bond acceptors (Lipinski definition) is 5. The van der Waals surface area contributed by atoms with Gasteiger partial charge >= 0.3 is 0 Å². The number of nitrogens with two attached hydrogens (primary N) is 1. The quantitative estimate of drug-likeness (QED) is 0.592. The molecule has 1 aliphatic rings. The van der Waals surface area contributed by atoms with Gasteiger partial charge in [-0.05, 0) is 13.0 Å². The molecule has 0 saturated heterocycles. The van der Waals surface area contributed by atoms with Gasteiger partial charge in [0.2, 0.25) is 0 Å². The fraction of sp³-hybridized carbons (Fsp3) is 0.250. The zero-order chi connectivity index (χ0) is 10.1. The van der Waals surface area contributed by atoms with Crippen molar-refractivity contribution in [2.24, 2.45) is 10.8 Å². The van der Waals surface area contributed by atoms with Gasteiger partial charge in [0, 0.05) is 6.20 Å². The van der Waals surface area contributed by atoms with E-state index in [2.05, 4.69) is 20.5 Å². The highest BCUT2D eigenvalue weighted by Gasteiger charge is 2.27. The molecule has 1 unspecified atom stereocenters. The van der Waals surface area contributed by atoms with E-state index in [9.17, 15) is 4.79 Å². The Labute approximate surface area is 80.2 Å². The Morgan fingerprint density at radius 2 is 2.36 bits per heavy atom. The summed E-state index contributed by atoms with van der Waals surface area (Å²) in [6, 6.07) is 0.940. The highest BCUT2D eigenvalue weighted by Crippen LogP contribution is 2.04. The van der Waals surface area contributed by atoms with Gasteiger partial charge in [-0.3, -0.25) is 4.79 Å². The second-order valence-electron chi connectivity index (χ2n) is 2.94. The average Bonchev–Trinajstić information content (AvgIpc) is 2.48. The monoisotopic (exact) mass is 191 g/mol. The lowest BCUT2D eigenvalue weighted by molar-refractivity contribution is -0.120. The third-order valence-corrected chi connectivity index (χ3v) is 1.90. The second kappa shape index (κ2) is 3.15. The number of aryl methyl sites for hydroxylation is 1. The van der Waals surface area contributed by atoms with Crippen LogP contribution in [0.5, 0.6) is 0 Å². The molecule has 3 N–H and O–H groups in total. The van der Waals surface area contributed by atoms with Gasteiger partial charge in [-0.15, -0.1) is 0 Å². The number of hydrogen-bond donors (Lipinski definition) is 2. The zero-order valence-electron chi connectivity index (χ0n) is 7.56. The van der Waals surface area contributed by atoms with Crippen molar-refractivity contribution in [3.63, 3.8) is 0 Å². The van der Waals surface area contributed by atoms with Gasteiger partial charge in [-0.2, -0.15) is 5.10 Å². The molecule has 1 aromatic heterocycles. The number of carbonyl (C=O) groups is 1. The summed E-state index contributed by atoms with van der Waals surface area (Å²) in [6.45, 7) is 1.76. The van der Waals surface area contributed by atoms with Crippen LogP contribution in [0.4, 0.5) is 0 Å². The number of aromatic nitrogens is 2. The fourth-order valence-electron chi connectivity index (χ4n) is 1.19. The number of nitrogens with one attached hydrogen (secondary N) is 1. The van der Waals surface area contributed by atoms with E-state index < -0.39 is 6.04 Å². The van der Waals surface area contributed by atoms with Gasteiger partial charge in [0.25, 0.3) is 5.91 Å². The van der Waals surface area contributed by atoms with Crippen LogP contribution >= 0.6 is 0 Å². The van der Waals surface area contributed by atoms with Crippen LogP contribution in [0.25, 0.3) is 0 Å². The molecule has 14 heavy (non-hydrogen) atoms. The van der Waals surface area contributed by atoms with Crippen molar-refractivity contribution in [2.45, 2.75) is 13.0 Å². The van der Waals surface area contributed by atoms with Crippen LogP contribution in [-0.2, 0) is 4.79 Å². The van der Waals surface area contributed by atoms with Gasteiger partial charge in [-0.1, -0.05) is 0 Å². The normalized spacial score (nSPS) is 20.6. The van der Waals surface area contributed by atoms with E-state index in [1.54, 1.807) is 19.2 Å². The molecule has 0 aromatic carbocycles. The number of nitrogens with zero attached hydrogens (tertiary/aromatic N) is 3. The summed E-state index contributed by atoms with van der Waals surface area (Å²) in [6.07, 6.45) is 1.61. The topological polar surface area (TPSA) is 93.3 Å². The molecule has 1 amide bonds. The van der Waals surface area contributed by atoms with E-state index >= 15 is 0 Å². The Hall–Kier alpha value is -1.82. The lowest BCUT2D eigenvalue weighted by Crippen LogP contribution is -2.38. The fourth-order valence-corrected chi connectivity index (χ4v) is 1.19. The molecule has 0 saturated carbocycles. The van der Waals surface area contributed by atoms with Gasteiger partial charge in [0.15, 0.2) is 0 Å². The molecule has 0 aliphatic carbocycles. The molecular weight excluding hydrogens is 182 g/mol. The number of amides is 1. The first-order chi connectivity index (χ1) is 6.68. The van der Waals surface area contributed by atoms with E-state index in [4.69, 9.17) is 5.73 Å². The maximum atomic E-state index is 11.0. The summed E-state index contributed by atoms with van der Waals surface area (Å²) < 4.78 is 0. The van der Waals surface area contributed by atoms with Crippen LogP contribution in [0.3, 0.4) is 0 Å². The molecule has 0 bridgehead atoms. The summed E-state index contributed by atoms with van der Waals surface area (Å²) >= 11 is 0. The van der Waals surface area contributed by atoms with Crippen molar-refractivity contribution in [2.75, 3.05) is 0 Å². The van der Waals surface area contributed by atoms with Gasteiger partial charge in [0.05, 0.1) is 5.69 Å². The molecule has 1 atom stereocenters.